The molecular formula is C23H23BrN6O3. The lowest BCUT2D eigenvalue weighted by molar-refractivity contribution is -0.0218. The molecule has 33 heavy (non-hydrogen) atoms. The van der Waals surface area contributed by atoms with E-state index in [4.69, 9.17) is 5.73 Å². The first kappa shape index (κ1) is 20.8. The predicted molar refractivity (Wildman–Crippen MR) is 128 cm³/mol. The highest BCUT2D eigenvalue weighted by Gasteiger charge is 2.56. The van der Waals surface area contributed by atoms with Crippen LogP contribution in [0.2, 0.25) is 0 Å². The van der Waals surface area contributed by atoms with E-state index < -0.39 is 17.6 Å². The maximum absolute atomic E-state index is 12.0. The van der Waals surface area contributed by atoms with Crippen LogP contribution in [0.1, 0.15) is 30.5 Å². The molecule has 1 spiro atoms. The smallest absolute Gasteiger partial charge is 0.262 e. The van der Waals surface area contributed by atoms with Crippen molar-refractivity contribution in [1.82, 2.24) is 24.8 Å². The summed E-state index contributed by atoms with van der Waals surface area (Å²) in [6, 6.07) is 9.34. The van der Waals surface area contributed by atoms with Gasteiger partial charge in [-0.25, -0.2) is 9.97 Å². The third-order valence-corrected chi connectivity index (χ3v) is 7.99. The van der Waals surface area contributed by atoms with Crippen molar-refractivity contribution >= 4 is 43.7 Å². The number of hydrogen-bond acceptors (Lipinski definition) is 7. The van der Waals surface area contributed by atoms with Crippen molar-refractivity contribution in [2.24, 2.45) is 5.41 Å². The highest BCUT2D eigenvalue weighted by molar-refractivity contribution is 9.10. The SMILES string of the molecule is Nc1ncnc2c1ccn2C1CC2(CNC(c3ccc4cc(Br)c(=O)[nH]c4c3)C2)C(O)C1O. The van der Waals surface area contributed by atoms with Gasteiger partial charge in [-0.15, -0.1) is 0 Å². The fourth-order valence-electron chi connectivity index (χ4n) is 5.65. The van der Waals surface area contributed by atoms with Gasteiger partial charge in [0.05, 0.1) is 22.0 Å². The minimum atomic E-state index is -0.928. The number of nitrogens with two attached hydrogens (primary N) is 1. The van der Waals surface area contributed by atoms with Crippen molar-refractivity contribution in [2.75, 3.05) is 12.3 Å². The maximum Gasteiger partial charge on any atom is 0.262 e. The van der Waals surface area contributed by atoms with Crippen LogP contribution in [0.15, 0.2) is 52.1 Å². The van der Waals surface area contributed by atoms with Gasteiger partial charge in [0.25, 0.3) is 5.56 Å². The molecule has 1 aromatic carbocycles. The van der Waals surface area contributed by atoms with E-state index in [2.05, 4.69) is 36.2 Å². The summed E-state index contributed by atoms with van der Waals surface area (Å²) >= 11 is 3.27. The Morgan fingerprint density at radius 1 is 1.18 bits per heavy atom. The van der Waals surface area contributed by atoms with Gasteiger partial charge in [-0.2, -0.15) is 0 Å². The van der Waals surface area contributed by atoms with Gasteiger partial charge in [0, 0.05) is 29.7 Å². The van der Waals surface area contributed by atoms with Crippen LogP contribution in [0.5, 0.6) is 0 Å². The molecule has 0 radical (unpaired) electrons. The van der Waals surface area contributed by atoms with Crippen LogP contribution in [0, 0.1) is 5.41 Å². The van der Waals surface area contributed by atoms with E-state index in [-0.39, 0.29) is 17.6 Å². The molecule has 6 N–H and O–H groups in total. The summed E-state index contributed by atoms with van der Waals surface area (Å²) in [6.07, 6.45) is 2.73. The van der Waals surface area contributed by atoms with E-state index in [1.54, 1.807) is 6.07 Å². The standard InChI is InChI=1S/C23H23BrN6O3/c24-14-5-11-1-2-12(6-15(11)29-22(14)33)16-7-23(9-26-16)8-17(18(31)19(23)32)30-4-3-13-20(25)27-10-28-21(13)30/h1-6,10,16-19,26,31-32H,7-9H2,(H,29,33)(H2,25,27,28). The zero-order valence-corrected chi connectivity index (χ0v) is 19.2. The zero-order valence-electron chi connectivity index (χ0n) is 17.6. The summed E-state index contributed by atoms with van der Waals surface area (Å²) in [5, 5.41) is 27.4. The first-order valence-corrected chi connectivity index (χ1v) is 11.6. The van der Waals surface area contributed by atoms with Gasteiger partial charge in [-0.1, -0.05) is 12.1 Å². The number of hydrogen-bond donors (Lipinski definition) is 5. The number of fused-ring (bicyclic) bond motifs is 2. The number of nitrogens with one attached hydrogen (secondary N) is 2. The fourth-order valence-corrected chi connectivity index (χ4v) is 6.00. The van der Waals surface area contributed by atoms with Gasteiger partial charge in [-0.3, -0.25) is 4.79 Å². The van der Waals surface area contributed by atoms with Crippen LogP contribution in [-0.4, -0.2) is 48.5 Å². The lowest BCUT2D eigenvalue weighted by Crippen LogP contribution is -2.38. The van der Waals surface area contributed by atoms with Crippen LogP contribution >= 0.6 is 15.9 Å². The minimum absolute atomic E-state index is 0.00141. The molecule has 9 nitrogen and oxygen atoms in total. The molecule has 1 saturated carbocycles. The van der Waals surface area contributed by atoms with E-state index in [0.717, 1.165) is 21.9 Å². The van der Waals surface area contributed by atoms with Crippen LogP contribution in [-0.2, 0) is 0 Å². The molecule has 0 amide bonds. The summed E-state index contributed by atoms with van der Waals surface area (Å²) in [6.45, 7) is 0.581. The fraction of sp³-hybridized carbons (Fsp3) is 0.348. The number of aromatic nitrogens is 4. The average molecular weight is 511 g/mol. The van der Waals surface area contributed by atoms with Crippen molar-refractivity contribution in [2.45, 2.75) is 37.1 Å². The number of nitrogens with zero attached hydrogens (tertiary/aromatic N) is 3. The lowest BCUT2D eigenvalue weighted by atomic mass is 9.80. The molecule has 5 unspecified atom stereocenters. The van der Waals surface area contributed by atoms with E-state index >= 15 is 0 Å². The monoisotopic (exact) mass is 510 g/mol. The molecule has 10 heteroatoms. The van der Waals surface area contributed by atoms with Gasteiger partial charge in [-0.05, 0) is 57.9 Å². The van der Waals surface area contributed by atoms with Crippen LogP contribution in [0.25, 0.3) is 21.9 Å². The Kier molecular flexibility index (Phi) is 4.64. The normalized spacial score (nSPS) is 29.5. The Bertz CT molecular complexity index is 1450. The number of nitrogen functional groups attached to an aromatic ring is 1. The molecule has 2 fully saturated rings. The molecule has 6 rings (SSSR count). The Morgan fingerprint density at radius 2 is 2.03 bits per heavy atom. The van der Waals surface area contributed by atoms with Crippen molar-refractivity contribution in [1.29, 1.82) is 0 Å². The zero-order chi connectivity index (χ0) is 22.9. The van der Waals surface area contributed by atoms with Crippen molar-refractivity contribution in [3.63, 3.8) is 0 Å². The van der Waals surface area contributed by atoms with Crippen molar-refractivity contribution in [3.8, 4) is 0 Å². The average Bonchev–Trinajstić information content (AvgIpc) is 3.48. The molecule has 2 aliphatic rings. The molecule has 0 bridgehead atoms. The van der Waals surface area contributed by atoms with Crippen molar-refractivity contribution < 1.29 is 10.2 Å². The number of pyridine rings is 1. The molecular weight excluding hydrogens is 488 g/mol. The Hall–Kier alpha value is -2.79. The number of anilines is 1. The minimum Gasteiger partial charge on any atom is -0.390 e. The molecule has 1 saturated heterocycles. The predicted octanol–water partition coefficient (Wildman–Crippen LogP) is 2.01. The Labute approximate surface area is 196 Å². The molecule has 1 aliphatic carbocycles. The topological polar surface area (TPSA) is 142 Å². The van der Waals surface area contributed by atoms with E-state index in [1.807, 2.05) is 35.0 Å². The van der Waals surface area contributed by atoms with E-state index in [9.17, 15) is 15.0 Å². The Morgan fingerprint density at radius 3 is 2.88 bits per heavy atom. The summed E-state index contributed by atoms with van der Waals surface area (Å²) < 4.78 is 2.40. The molecule has 3 aromatic heterocycles. The maximum atomic E-state index is 12.0. The third-order valence-electron chi connectivity index (χ3n) is 7.40. The Balaban J connectivity index is 1.31. The molecule has 1 aliphatic heterocycles. The van der Waals surface area contributed by atoms with Gasteiger partial charge >= 0.3 is 0 Å². The van der Waals surface area contributed by atoms with Gasteiger partial charge in [0.2, 0.25) is 0 Å². The number of aromatic amines is 1. The largest absolute Gasteiger partial charge is 0.390 e. The first-order valence-electron chi connectivity index (χ1n) is 10.9. The van der Waals surface area contributed by atoms with Crippen LogP contribution in [0.4, 0.5) is 5.82 Å². The summed E-state index contributed by atoms with van der Waals surface area (Å²) in [7, 11) is 0. The number of halogens is 1. The highest BCUT2D eigenvalue weighted by atomic mass is 79.9. The molecule has 170 valence electrons. The van der Waals surface area contributed by atoms with Gasteiger partial charge in [0.15, 0.2) is 0 Å². The lowest BCUT2D eigenvalue weighted by Gasteiger charge is -2.27. The van der Waals surface area contributed by atoms with Gasteiger partial charge in [0.1, 0.15) is 23.9 Å². The number of H-pyrrole nitrogens is 1. The van der Waals surface area contributed by atoms with E-state index in [1.165, 1.54) is 6.33 Å². The number of benzene rings is 1. The first-order chi connectivity index (χ1) is 15.9. The quantitative estimate of drug-likeness (QED) is 0.277. The molecule has 4 heterocycles. The van der Waals surface area contributed by atoms with Gasteiger partial charge < -0.3 is 30.8 Å². The second-order valence-corrected chi connectivity index (χ2v) is 10.1. The second kappa shape index (κ2) is 7.36. The van der Waals surface area contributed by atoms with Crippen LogP contribution < -0.4 is 16.6 Å². The summed E-state index contributed by atoms with van der Waals surface area (Å²) in [5.74, 6) is 0.394. The molecule has 4 aromatic rings. The summed E-state index contributed by atoms with van der Waals surface area (Å²) in [5.41, 5.74) is 7.78. The highest BCUT2D eigenvalue weighted by Crippen LogP contribution is 2.52. The van der Waals surface area contributed by atoms with Crippen LogP contribution in [0.3, 0.4) is 0 Å². The number of rotatable bonds is 2. The van der Waals surface area contributed by atoms with Crippen molar-refractivity contribution in [3.05, 3.63) is 63.2 Å². The summed E-state index contributed by atoms with van der Waals surface area (Å²) in [4.78, 5) is 23.3. The third kappa shape index (κ3) is 3.12. The number of aliphatic hydroxyl groups excluding tert-OH is 2. The molecule has 5 atom stereocenters. The number of aliphatic hydroxyl groups is 2. The van der Waals surface area contributed by atoms with E-state index in [0.29, 0.717) is 35.3 Å². The second-order valence-electron chi connectivity index (χ2n) is 9.22.